The number of nitrogens with zero attached hydrogens (tertiary/aromatic N) is 8. The van der Waals surface area contributed by atoms with Crippen LogP contribution >= 0.6 is 0 Å². The monoisotopic (exact) mass is 547 g/mol. The summed E-state index contributed by atoms with van der Waals surface area (Å²) in [6.07, 6.45) is 10.3. The lowest BCUT2D eigenvalue weighted by Gasteiger charge is -2.38. The summed E-state index contributed by atoms with van der Waals surface area (Å²) in [4.78, 5) is 20.6. The zero-order valence-electron chi connectivity index (χ0n) is 23.0. The average Bonchev–Trinajstić information content (AvgIpc) is 3.56. The third-order valence-corrected chi connectivity index (χ3v) is 7.12. The number of nitriles is 1. The summed E-state index contributed by atoms with van der Waals surface area (Å²) in [5, 5.41) is 21.9. The van der Waals surface area contributed by atoms with Gasteiger partial charge in [-0.3, -0.25) is 4.79 Å². The van der Waals surface area contributed by atoms with Gasteiger partial charge in [0.05, 0.1) is 23.0 Å². The minimum atomic E-state index is 0.0138. The molecular formula is C30H29N9O2. The Balaban J connectivity index is 1.23. The maximum Gasteiger partial charge on any atom is 0.246 e. The number of pyridine rings is 1. The molecule has 0 bridgehead atoms. The van der Waals surface area contributed by atoms with E-state index in [1.807, 2.05) is 79.5 Å². The van der Waals surface area contributed by atoms with Gasteiger partial charge in [-0.05, 0) is 62.5 Å². The number of nitrogens with one attached hydrogen (secondary N) is 1. The SMILES string of the molecule is Cc1cc(Nc2c(C#N)cnn3ccc(C4CN(C(=O)C=CCN(C)C)C4)c23)ccc1Oc1ccn2ncnc2c1. The van der Waals surface area contributed by atoms with Crippen LogP contribution in [0, 0.1) is 18.3 Å². The van der Waals surface area contributed by atoms with Gasteiger partial charge >= 0.3 is 0 Å². The molecule has 1 fully saturated rings. The minimum Gasteiger partial charge on any atom is -0.457 e. The van der Waals surface area contributed by atoms with Gasteiger partial charge in [0.25, 0.3) is 0 Å². The Hall–Kier alpha value is -5.21. The van der Waals surface area contributed by atoms with E-state index in [0.29, 0.717) is 41.5 Å². The molecule has 0 atom stereocenters. The summed E-state index contributed by atoms with van der Waals surface area (Å²) < 4.78 is 9.57. The van der Waals surface area contributed by atoms with Gasteiger partial charge < -0.3 is 19.9 Å². The van der Waals surface area contributed by atoms with Gasteiger partial charge in [0.2, 0.25) is 5.91 Å². The van der Waals surface area contributed by atoms with Crippen molar-refractivity contribution in [3.63, 3.8) is 0 Å². The molecule has 1 aromatic carbocycles. The van der Waals surface area contributed by atoms with Crippen LogP contribution in [0.1, 0.15) is 22.6 Å². The molecule has 1 aliphatic heterocycles. The van der Waals surface area contributed by atoms with Crippen molar-refractivity contribution >= 4 is 28.4 Å². The van der Waals surface area contributed by atoms with Crippen LogP contribution in [0.25, 0.3) is 11.2 Å². The molecule has 11 heteroatoms. The van der Waals surface area contributed by atoms with Gasteiger partial charge in [-0.25, -0.2) is 14.0 Å². The first-order valence-corrected chi connectivity index (χ1v) is 13.2. The molecule has 5 heterocycles. The molecule has 1 N–H and O–H groups in total. The first kappa shape index (κ1) is 26.0. The number of hydrogen-bond acceptors (Lipinski definition) is 8. The molecule has 0 spiro atoms. The summed E-state index contributed by atoms with van der Waals surface area (Å²) in [6, 6.07) is 13.8. The third kappa shape index (κ3) is 5.20. The van der Waals surface area contributed by atoms with Crippen LogP contribution in [0.3, 0.4) is 0 Å². The predicted molar refractivity (Wildman–Crippen MR) is 154 cm³/mol. The fraction of sp³-hybridized carbons (Fsp3) is 0.233. The Labute approximate surface area is 236 Å². The second kappa shape index (κ2) is 10.7. The molecule has 1 amide bonds. The first-order valence-electron chi connectivity index (χ1n) is 13.2. The van der Waals surface area contributed by atoms with E-state index >= 15 is 0 Å². The number of likely N-dealkylation sites (tertiary alicyclic amines) is 1. The van der Waals surface area contributed by atoms with E-state index in [1.165, 1.54) is 6.33 Å². The largest absolute Gasteiger partial charge is 0.457 e. The summed E-state index contributed by atoms with van der Waals surface area (Å²) in [7, 11) is 3.93. The predicted octanol–water partition coefficient (Wildman–Crippen LogP) is 4.14. The van der Waals surface area contributed by atoms with Gasteiger partial charge in [0, 0.05) is 55.8 Å². The summed E-state index contributed by atoms with van der Waals surface area (Å²) in [6.45, 7) is 3.93. The first-order chi connectivity index (χ1) is 19.9. The van der Waals surface area contributed by atoms with E-state index < -0.39 is 0 Å². The van der Waals surface area contributed by atoms with Gasteiger partial charge in [-0.1, -0.05) is 6.08 Å². The second-order valence-corrected chi connectivity index (χ2v) is 10.3. The van der Waals surface area contributed by atoms with Crippen LogP contribution in [-0.2, 0) is 4.79 Å². The number of rotatable bonds is 8. The molecule has 6 rings (SSSR count). The van der Waals surface area contributed by atoms with Crippen LogP contribution < -0.4 is 10.1 Å². The number of fused-ring (bicyclic) bond motifs is 2. The maximum absolute atomic E-state index is 12.5. The zero-order chi connectivity index (χ0) is 28.5. The highest BCUT2D eigenvalue weighted by Crippen LogP contribution is 2.37. The normalized spacial score (nSPS) is 13.7. The van der Waals surface area contributed by atoms with E-state index in [9.17, 15) is 10.1 Å². The van der Waals surface area contributed by atoms with E-state index in [2.05, 4.69) is 26.6 Å². The lowest BCUT2D eigenvalue weighted by Crippen LogP contribution is -2.47. The summed E-state index contributed by atoms with van der Waals surface area (Å²) in [5.41, 5.74) is 5.45. The number of likely N-dealkylation sites (N-methyl/N-ethyl adjacent to an activating group) is 1. The smallest absolute Gasteiger partial charge is 0.246 e. The van der Waals surface area contributed by atoms with Crippen LogP contribution in [0.2, 0.25) is 0 Å². The van der Waals surface area contributed by atoms with Crippen molar-refractivity contribution in [1.82, 2.24) is 34.0 Å². The van der Waals surface area contributed by atoms with Crippen molar-refractivity contribution in [1.29, 1.82) is 5.26 Å². The van der Waals surface area contributed by atoms with Crippen LogP contribution in [-0.4, -0.2) is 73.6 Å². The fourth-order valence-corrected chi connectivity index (χ4v) is 4.94. The van der Waals surface area contributed by atoms with Crippen molar-refractivity contribution in [2.24, 2.45) is 0 Å². The molecular weight excluding hydrogens is 518 g/mol. The van der Waals surface area contributed by atoms with E-state index in [0.717, 1.165) is 28.9 Å². The number of ether oxygens (including phenoxy) is 1. The minimum absolute atomic E-state index is 0.0138. The molecule has 1 saturated heterocycles. The lowest BCUT2D eigenvalue weighted by molar-refractivity contribution is -0.130. The number of benzene rings is 1. The molecule has 4 aromatic heterocycles. The Bertz CT molecular complexity index is 1820. The van der Waals surface area contributed by atoms with Gasteiger partial charge in [0.1, 0.15) is 23.9 Å². The van der Waals surface area contributed by atoms with Crippen LogP contribution in [0.5, 0.6) is 11.5 Å². The number of aryl methyl sites for hydroxylation is 1. The quantitative estimate of drug-likeness (QED) is 0.288. The number of carbonyl (C=O) groups excluding carboxylic acids is 1. The zero-order valence-corrected chi connectivity index (χ0v) is 23.0. The molecule has 206 valence electrons. The number of aromatic nitrogens is 5. The Kier molecular flexibility index (Phi) is 6.83. The van der Waals surface area contributed by atoms with Crippen LogP contribution in [0.15, 0.2) is 73.5 Å². The molecule has 41 heavy (non-hydrogen) atoms. The number of carbonyl (C=O) groups is 1. The maximum atomic E-state index is 12.5. The highest BCUT2D eigenvalue weighted by molar-refractivity contribution is 5.89. The molecule has 0 radical (unpaired) electrons. The highest BCUT2D eigenvalue weighted by Gasteiger charge is 2.33. The third-order valence-electron chi connectivity index (χ3n) is 7.12. The molecule has 0 aliphatic carbocycles. The number of hydrogen-bond donors (Lipinski definition) is 1. The Morgan fingerprint density at radius 3 is 2.78 bits per heavy atom. The average molecular weight is 548 g/mol. The topological polar surface area (TPSA) is 116 Å². The van der Waals surface area contributed by atoms with E-state index in [-0.39, 0.29) is 11.8 Å². The van der Waals surface area contributed by atoms with Crippen molar-refractivity contribution in [2.75, 3.05) is 39.0 Å². The van der Waals surface area contributed by atoms with Gasteiger partial charge in [0.15, 0.2) is 5.65 Å². The second-order valence-electron chi connectivity index (χ2n) is 10.3. The van der Waals surface area contributed by atoms with Gasteiger partial charge in [-0.15, -0.1) is 0 Å². The number of amides is 1. The van der Waals surface area contributed by atoms with Crippen molar-refractivity contribution in [2.45, 2.75) is 12.8 Å². The van der Waals surface area contributed by atoms with Crippen molar-refractivity contribution in [3.8, 4) is 17.6 Å². The highest BCUT2D eigenvalue weighted by atomic mass is 16.5. The van der Waals surface area contributed by atoms with E-state index in [4.69, 9.17) is 4.74 Å². The van der Waals surface area contributed by atoms with Gasteiger partial charge in [-0.2, -0.15) is 15.5 Å². The summed E-state index contributed by atoms with van der Waals surface area (Å²) >= 11 is 0. The summed E-state index contributed by atoms with van der Waals surface area (Å²) in [5.74, 6) is 1.54. The number of anilines is 2. The molecule has 5 aromatic rings. The molecule has 1 aliphatic rings. The molecule has 11 nitrogen and oxygen atoms in total. The van der Waals surface area contributed by atoms with Crippen LogP contribution in [0.4, 0.5) is 11.4 Å². The molecule has 0 saturated carbocycles. The fourth-order valence-electron chi connectivity index (χ4n) is 4.94. The van der Waals surface area contributed by atoms with E-state index in [1.54, 1.807) is 27.5 Å². The Morgan fingerprint density at radius 2 is 2.00 bits per heavy atom. The lowest BCUT2D eigenvalue weighted by atomic mass is 9.91. The molecule has 0 unspecified atom stereocenters. The Morgan fingerprint density at radius 1 is 1.17 bits per heavy atom. The van der Waals surface area contributed by atoms with Crippen molar-refractivity contribution < 1.29 is 9.53 Å². The standard InChI is InChI=1S/C30H29N9O2/c1-20-13-23(6-7-26(20)41-24-8-11-38-27(14-24)32-19-34-38)35-29-21(15-31)16-33-39-12-9-25(30(29)39)22-17-37(18-22)28(40)5-4-10-36(2)3/h4-9,11-14,16,19,22,35H,10,17-18H2,1-3H3. The van der Waals surface area contributed by atoms with Crippen molar-refractivity contribution in [3.05, 3.63) is 90.2 Å².